The van der Waals surface area contributed by atoms with Gasteiger partial charge in [-0.1, -0.05) is 24.3 Å². The summed E-state index contributed by atoms with van der Waals surface area (Å²) >= 11 is 0. The average molecular weight is 284 g/mol. The Morgan fingerprint density at radius 1 is 1.19 bits per heavy atom. The van der Waals surface area contributed by atoms with Gasteiger partial charge in [-0.25, -0.2) is 10.8 Å². The third kappa shape index (κ3) is 3.13. The SMILES string of the molecule is NNC(=O)Cc1ccc(Cn2cnc3c2CCCC3)cc1. The number of hydrazine groups is 1. The van der Waals surface area contributed by atoms with Crippen LogP contribution in [0.1, 0.15) is 35.4 Å². The van der Waals surface area contributed by atoms with E-state index in [1.807, 2.05) is 18.5 Å². The first-order valence-corrected chi connectivity index (χ1v) is 7.36. The number of hydrogen-bond donors (Lipinski definition) is 2. The molecule has 0 saturated heterocycles. The van der Waals surface area contributed by atoms with E-state index in [9.17, 15) is 4.79 Å². The van der Waals surface area contributed by atoms with E-state index in [0.29, 0.717) is 6.42 Å². The standard InChI is InChI=1S/C16H20N4O/c17-19-16(21)9-12-5-7-13(8-6-12)10-20-11-18-14-3-1-2-4-15(14)20/h5-8,11H,1-4,9-10,17H2,(H,19,21). The van der Waals surface area contributed by atoms with E-state index in [1.54, 1.807) is 0 Å². The Hall–Kier alpha value is -2.14. The van der Waals surface area contributed by atoms with Crippen LogP contribution in [0.15, 0.2) is 30.6 Å². The monoisotopic (exact) mass is 284 g/mol. The molecule has 1 aromatic heterocycles. The van der Waals surface area contributed by atoms with Crippen LogP contribution in [0.2, 0.25) is 0 Å². The number of amides is 1. The summed E-state index contributed by atoms with van der Waals surface area (Å²) in [6, 6.07) is 8.09. The minimum atomic E-state index is -0.175. The molecule has 110 valence electrons. The molecule has 3 rings (SSSR count). The Morgan fingerprint density at radius 2 is 1.90 bits per heavy atom. The molecule has 1 aliphatic rings. The molecule has 0 aliphatic heterocycles. The van der Waals surface area contributed by atoms with Gasteiger partial charge in [0.25, 0.3) is 0 Å². The van der Waals surface area contributed by atoms with Crippen LogP contribution < -0.4 is 11.3 Å². The van der Waals surface area contributed by atoms with Gasteiger partial charge in [-0.15, -0.1) is 0 Å². The van der Waals surface area contributed by atoms with Gasteiger partial charge in [-0.2, -0.15) is 0 Å². The number of rotatable bonds is 4. The van der Waals surface area contributed by atoms with Crippen LogP contribution in [-0.2, 0) is 30.6 Å². The van der Waals surface area contributed by atoms with Gasteiger partial charge in [0.2, 0.25) is 5.91 Å². The minimum Gasteiger partial charge on any atom is -0.330 e. The van der Waals surface area contributed by atoms with Gasteiger partial charge < -0.3 is 4.57 Å². The number of carbonyl (C=O) groups is 1. The van der Waals surface area contributed by atoms with Crippen LogP contribution in [0.5, 0.6) is 0 Å². The Balaban J connectivity index is 1.70. The normalized spacial score (nSPS) is 13.8. The van der Waals surface area contributed by atoms with E-state index < -0.39 is 0 Å². The lowest BCUT2D eigenvalue weighted by Crippen LogP contribution is -2.31. The maximum atomic E-state index is 11.2. The van der Waals surface area contributed by atoms with E-state index in [2.05, 4.69) is 27.1 Å². The number of fused-ring (bicyclic) bond motifs is 1. The molecule has 0 radical (unpaired) electrons. The summed E-state index contributed by atoms with van der Waals surface area (Å²) in [4.78, 5) is 15.8. The van der Waals surface area contributed by atoms with Crippen LogP contribution in [0, 0.1) is 0 Å². The van der Waals surface area contributed by atoms with Crippen molar-refractivity contribution in [2.75, 3.05) is 0 Å². The predicted octanol–water partition coefficient (Wildman–Crippen LogP) is 1.34. The molecule has 0 atom stereocenters. The smallest absolute Gasteiger partial charge is 0.238 e. The zero-order chi connectivity index (χ0) is 14.7. The summed E-state index contributed by atoms with van der Waals surface area (Å²) in [6.07, 6.45) is 7.01. The highest BCUT2D eigenvalue weighted by Gasteiger charge is 2.15. The fraction of sp³-hybridized carbons (Fsp3) is 0.375. The summed E-state index contributed by atoms with van der Waals surface area (Å²) in [7, 11) is 0. The van der Waals surface area contributed by atoms with Gasteiger partial charge in [-0.3, -0.25) is 10.2 Å². The zero-order valence-corrected chi connectivity index (χ0v) is 12.0. The Morgan fingerprint density at radius 3 is 2.67 bits per heavy atom. The lowest BCUT2D eigenvalue weighted by Gasteiger charge is -2.14. The zero-order valence-electron chi connectivity index (χ0n) is 12.0. The molecule has 1 aromatic carbocycles. The highest BCUT2D eigenvalue weighted by molar-refractivity contribution is 5.77. The molecular formula is C16H20N4O. The summed E-state index contributed by atoms with van der Waals surface area (Å²) in [5, 5.41) is 0. The molecule has 21 heavy (non-hydrogen) atoms. The number of nitrogens with two attached hydrogens (primary N) is 1. The van der Waals surface area contributed by atoms with E-state index in [1.165, 1.54) is 29.8 Å². The summed E-state index contributed by atoms with van der Waals surface area (Å²) in [5.74, 6) is 4.92. The number of aromatic nitrogens is 2. The van der Waals surface area contributed by atoms with Crippen LogP contribution in [0.25, 0.3) is 0 Å². The number of carbonyl (C=O) groups excluding carboxylic acids is 1. The second kappa shape index (κ2) is 6.10. The van der Waals surface area contributed by atoms with Crippen LogP contribution >= 0.6 is 0 Å². The molecule has 0 bridgehead atoms. The van der Waals surface area contributed by atoms with Crippen molar-refractivity contribution >= 4 is 5.91 Å². The molecule has 1 heterocycles. The number of nitrogens with zero attached hydrogens (tertiary/aromatic N) is 2. The Kier molecular flexibility index (Phi) is 4.01. The van der Waals surface area contributed by atoms with Crippen LogP contribution in [0.3, 0.4) is 0 Å². The number of benzene rings is 1. The molecule has 2 aromatic rings. The van der Waals surface area contributed by atoms with Gasteiger partial charge in [0.1, 0.15) is 0 Å². The van der Waals surface area contributed by atoms with E-state index in [0.717, 1.165) is 24.9 Å². The number of aryl methyl sites for hydroxylation is 1. The topological polar surface area (TPSA) is 72.9 Å². The molecule has 0 fully saturated rings. The van der Waals surface area contributed by atoms with Crippen LogP contribution in [0.4, 0.5) is 0 Å². The highest BCUT2D eigenvalue weighted by Crippen LogP contribution is 2.20. The second-order valence-electron chi connectivity index (χ2n) is 5.53. The van der Waals surface area contributed by atoms with Crippen molar-refractivity contribution < 1.29 is 4.79 Å². The van der Waals surface area contributed by atoms with E-state index in [-0.39, 0.29) is 5.91 Å². The summed E-state index contributed by atoms with van der Waals surface area (Å²) < 4.78 is 2.25. The maximum absolute atomic E-state index is 11.2. The first kappa shape index (κ1) is 13.8. The first-order chi connectivity index (χ1) is 10.3. The van der Waals surface area contributed by atoms with Gasteiger partial charge in [0, 0.05) is 12.2 Å². The molecule has 0 spiro atoms. The molecule has 3 N–H and O–H groups in total. The van der Waals surface area contributed by atoms with Crippen molar-refractivity contribution in [1.82, 2.24) is 15.0 Å². The van der Waals surface area contributed by atoms with Crippen molar-refractivity contribution in [2.24, 2.45) is 5.84 Å². The van der Waals surface area contributed by atoms with Crippen molar-refractivity contribution in [2.45, 2.75) is 38.6 Å². The van der Waals surface area contributed by atoms with Crippen molar-refractivity contribution in [3.05, 3.63) is 53.1 Å². The summed E-state index contributed by atoms with van der Waals surface area (Å²) in [6.45, 7) is 0.839. The van der Waals surface area contributed by atoms with Gasteiger partial charge >= 0.3 is 0 Å². The third-order valence-electron chi connectivity index (χ3n) is 4.01. The lowest BCUT2D eigenvalue weighted by atomic mass is 10.0. The number of imidazole rings is 1. The minimum absolute atomic E-state index is 0.175. The molecular weight excluding hydrogens is 264 g/mol. The lowest BCUT2D eigenvalue weighted by molar-refractivity contribution is -0.120. The Bertz CT molecular complexity index is 630. The van der Waals surface area contributed by atoms with Crippen molar-refractivity contribution in [3.8, 4) is 0 Å². The number of hydrogen-bond acceptors (Lipinski definition) is 3. The van der Waals surface area contributed by atoms with E-state index in [4.69, 9.17) is 5.84 Å². The molecule has 0 saturated carbocycles. The van der Waals surface area contributed by atoms with Gasteiger partial charge in [0.15, 0.2) is 0 Å². The van der Waals surface area contributed by atoms with Crippen LogP contribution in [-0.4, -0.2) is 15.5 Å². The van der Waals surface area contributed by atoms with Crippen molar-refractivity contribution in [3.63, 3.8) is 0 Å². The number of nitrogens with one attached hydrogen (secondary N) is 1. The summed E-state index contributed by atoms with van der Waals surface area (Å²) in [5.41, 5.74) is 6.98. The molecule has 1 aliphatic carbocycles. The largest absolute Gasteiger partial charge is 0.330 e. The molecule has 5 nitrogen and oxygen atoms in total. The molecule has 1 amide bonds. The second-order valence-corrected chi connectivity index (χ2v) is 5.53. The average Bonchev–Trinajstić information content (AvgIpc) is 2.92. The first-order valence-electron chi connectivity index (χ1n) is 7.36. The molecule has 5 heteroatoms. The Labute approximate surface area is 124 Å². The third-order valence-corrected chi connectivity index (χ3v) is 4.01. The fourth-order valence-corrected chi connectivity index (χ4v) is 2.86. The highest BCUT2D eigenvalue weighted by atomic mass is 16.2. The quantitative estimate of drug-likeness (QED) is 0.505. The van der Waals surface area contributed by atoms with E-state index >= 15 is 0 Å². The van der Waals surface area contributed by atoms with Crippen molar-refractivity contribution in [1.29, 1.82) is 0 Å². The molecule has 0 unspecified atom stereocenters. The van der Waals surface area contributed by atoms with Gasteiger partial charge in [-0.05, 0) is 36.8 Å². The predicted molar refractivity (Wildman–Crippen MR) is 80.4 cm³/mol. The van der Waals surface area contributed by atoms with Gasteiger partial charge in [0.05, 0.1) is 18.4 Å². The fourth-order valence-electron chi connectivity index (χ4n) is 2.86. The maximum Gasteiger partial charge on any atom is 0.238 e.